The molecule has 1 aromatic rings. The first-order valence-electron chi connectivity index (χ1n) is 3.77. The molecular weight excluding hydrogens is 152 g/mol. The summed E-state index contributed by atoms with van der Waals surface area (Å²) in [6.07, 6.45) is 2.14. The van der Waals surface area contributed by atoms with Crippen LogP contribution in [0.3, 0.4) is 0 Å². The molecule has 0 N–H and O–H groups in total. The van der Waals surface area contributed by atoms with Crippen LogP contribution in [0.5, 0.6) is 0 Å². The summed E-state index contributed by atoms with van der Waals surface area (Å²) < 4.78 is 1.62. The third kappa shape index (κ3) is 2.05. The second-order valence-corrected chi connectivity index (χ2v) is 2.93. The van der Waals surface area contributed by atoms with Gasteiger partial charge in [-0.25, -0.2) is 0 Å². The van der Waals surface area contributed by atoms with E-state index in [4.69, 9.17) is 0 Å². The normalized spacial score (nSPS) is 9.83. The Morgan fingerprint density at radius 2 is 2.42 bits per heavy atom. The maximum Gasteiger partial charge on any atom is 0.187 e. The number of hydrogen-bond acceptors (Lipinski definition) is 2. The van der Waals surface area contributed by atoms with Gasteiger partial charge in [0.05, 0.1) is 0 Å². The molecule has 0 aromatic carbocycles. The molecule has 0 radical (unpaired) electrons. The molecule has 0 unspecified atom stereocenters. The van der Waals surface area contributed by atoms with Crippen molar-refractivity contribution in [1.82, 2.24) is 9.78 Å². The SMILES string of the molecule is C=C(C)CC(=O)c1ccn(C)n1. The molecule has 0 spiro atoms. The molecule has 12 heavy (non-hydrogen) atoms. The van der Waals surface area contributed by atoms with Crippen LogP contribution in [0, 0.1) is 0 Å². The van der Waals surface area contributed by atoms with Gasteiger partial charge in [-0.2, -0.15) is 5.10 Å². The Balaban J connectivity index is 2.72. The molecule has 3 nitrogen and oxygen atoms in total. The Morgan fingerprint density at radius 1 is 1.75 bits per heavy atom. The van der Waals surface area contributed by atoms with Crippen LogP contribution >= 0.6 is 0 Å². The fourth-order valence-electron chi connectivity index (χ4n) is 0.928. The highest BCUT2D eigenvalue weighted by Crippen LogP contribution is 2.04. The summed E-state index contributed by atoms with van der Waals surface area (Å²) >= 11 is 0. The van der Waals surface area contributed by atoms with E-state index in [9.17, 15) is 4.79 Å². The predicted molar refractivity (Wildman–Crippen MR) is 47.0 cm³/mol. The van der Waals surface area contributed by atoms with E-state index in [0.29, 0.717) is 12.1 Å². The number of ketones is 1. The van der Waals surface area contributed by atoms with Gasteiger partial charge in [0.1, 0.15) is 5.69 Å². The summed E-state index contributed by atoms with van der Waals surface area (Å²) in [5.41, 5.74) is 1.38. The maximum absolute atomic E-state index is 11.3. The van der Waals surface area contributed by atoms with E-state index < -0.39 is 0 Å². The summed E-state index contributed by atoms with van der Waals surface area (Å²) in [4.78, 5) is 11.3. The molecular formula is C9H12N2O. The number of Topliss-reactive ketones (excluding diaryl/α,β-unsaturated/α-hetero) is 1. The zero-order valence-corrected chi connectivity index (χ0v) is 7.37. The van der Waals surface area contributed by atoms with E-state index in [1.807, 2.05) is 6.92 Å². The minimum atomic E-state index is 0.0306. The first-order chi connectivity index (χ1) is 5.59. The molecule has 1 aromatic heterocycles. The molecule has 0 aliphatic rings. The molecule has 0 bridgehead atoms. The Kier molecular flexibility index (Phi) is 2.43. The molecule has 0 saturated carbocycles. The first kappa shape index (κ1) is 8.71. The van der Waals surface area contributed by atoms with Gasteiger partial charge < -0.3 is 0 Å². The minimum Gasteiger partial charge on any atom is -0.292 e. The standard InChI is InChI=1S/C9H12N2O/c1-7(2)6-9(12)8-4-5-11(3)10-8/h4-5H,1,6H2,2-3H3. The number of rotatable bonds is 3. The highest BCUT2D eigenvalue weighted by molar-refractivity contribution is 5.95. The number of carbonyl (C=O) groups excluding carboxylic acids is 1. The number of nitrogens with zero attached hydrogens (tertiary/aromatic N) is 2. The van der Waals surface area contributed by atoms with Crippen molar-refractivity contribution < 1.29 is 4.79 Å². The van der Waals surface area contributed by atoms with Crippen molar-refractivity contribution in [2.24, 2.45) is 7.05 Å². The van der Waals surface area contributed by atoms with E-state index in [-0.39, 0.29) is 5.78 Å². The molecule has 3 heteroatoms. The van der Waals surface area contributed by atoms with Crippen molar-refractivity contribution in [3.05, 3.63) is 30.1 Å². The fourth-order valence-corrected chi connectivity index (χ4v) is 0.928. The molecule has 1 heterocycles. The van der Waals surface area contributed by atoms with Gasteiger partial charge >= 0.3 is 0 Å². The molecule has 1 rings (SSSR count). The molecule has 0 amide bonds. The molecule has 0 aliphatic heterocycles. The van der Waals surface area contributed by atoms with Crippen molar-refractivity contribution in [1.29, 1.82) is 0 Å². The number of carbonyl (C=O) groups is 1. The lowest BCUT2D eigenvalue weighted by Gasteiger charge is -1.94. The van der Waals surface area contributed by atoms with Crippen LogP contribution in [0.4, 0.5) is 0 Å². The lowest BCUT2D eigenvalue weighted by atomic mass is 10.1. The largest absolute Gasteiger partial charge is 0.292 e. The number of allylic oxidation sites excluding steroid dienone is 1. The second kappa shape index (κ2) is 3.34. The number of aromatic nitrogens is 2. The summed E-state index contributed by atoms with van der Waals surface area (Å²) in [6, 6.07) is 1.71. The fraction of sp³-hybridized carbons (Fsp3) is 0.333. The molecule has 0 atom stereocenters. The summed E-state index contributed by atoms with van der Waals surface area (Å²) in [5, 5.41) is 3.99. The van der Waals surface area contributed by atoms with Gasteiger partial charge in [-0.3, -0.25) is 9.48 Å². The van der Waals surface area contributed by atoms with Crippen LogP contribution in [0.15, 0.2) is 24.4 Å². The van der Waals surface area contributed by atoms with Gasteiger partial charge in [0.2, 0.25) is 0 Å². The summed E-state index contributed by atoms with van der Waals surface area (Å²) in [5.74, 6) is 0.0306. The average molecular weight is 164 g/mol. The van der Waals surface area contributed by atoms with Crippen molar-refractivity contribution in [2.75, 3.05) is 0 Å². The maximum atomic E-state index is 11.3. The van der Waals surface area contributed by atoms with Gasteiger partial charge in [0, 0.05) is 19.7 Å². The topological polar surface area (TPSA) is 34.9 Å². The van der Waals surface area contributed by atoms with Crippen LogP contribution in [0.1, 0.15) is 23.8 Å². The molecule has 0 saturated heterocycles. The van der Waals surface area contributed by atoms with Crippen LogP contribution in [0.2, 0.25) is 0 Å². The minimum absolute atomic E-state index is 0.0306. The Morgan fingerprint density at radius 3 is 2.83 bits per heavy atom. The summed E-state index contributed by atoms with van der Waals surface area (Å²) in [6.45, 7) is 5.51. The quantitative estimate of drug-likeness (QED) is 0.502. The molecule has 0 aliphatic carbocycles. The van der Waals surface area contributed by atoms with Crippen molar-refractivity contribution in [2.45, 2.75) is 13.3 Å². The zero-order chi connectivity index (χ0) is 9.14. The van der Waals surface area contributed by atoms with E-state index in [2.05, 4.69) is 11.7 Å². The predicted octanol–water partition coefficient (Wildman–Crippen LogP) is 1.57. The van der Waals surface area contributed by atoms with Crippen LogP contribution in [-0.4, -0.2) is 15.6 Å². The van der Waals surface area contributed by atoms with Gasteiger partial charge in [-0.15, -0.1) is 0 Å². The van der Waals surface area contributed by atoms with Crippen molar-refractivity contribution in [3.63, 3.8) is 0 Å². The van der Waals surface area contributed by atoms with Gasteiger partial charge in [0.15, 0.2) is 5.78 Å². The smallest absolute Gasteiger partial charge is 0.187 e. The van der Waals surface area contributed by atoms with Crippen LogP contribution in [0.25, 0.3) is 0 Å². The Bertz CT molecular complexity index is 312. The highest BCUT2D eigenvalue weighted by Gasteiger charge is 2.07. The first-order valence-corrected chi connectivity index (χ1v) is 3.77. The number of aryl methyl sites for hydroxylation is 1. The monoisotopic (exact) mass is 164 g/mol. The molecule has 64 valence electrons. The Hall–Kier alpha value is -1.38. The van der Waals surface area contributed by atoms with E-state index in [1.54, 1.807) is 24.0 Å². The Labute approximate surface area is 71.7 Å². The lowest BCUT2D eigenvalue weighted by molar-refractivity contribution is 0.0987. The lowest BCUT2D eigenvalue weighted by Crippen LogP contribution is -2.01. The van der Waals surface area contributed by atoms with Gasteiger partial charge in [-0.05, 0) is 13.0 Å². The van der Waals surface area contributed by atoms with E-state index in [0.717, 1.165) is 5.57 Å². The summed E-state index contributed by atoms with van der Waals surface area (Å²) in [7, 11) is 1.79. The van der Waals surface area contributed by atoms with Crippen LogP contribution in [-0.2, 0) is 7.05 Å². The van der Waals surface area contributed by atoms with Crippen LogP contribution < -0.4 is 0 Å². The molecule has 0 fully saturated rings. The zero-order valence-electron chi connectivity index (χ0n) is 7.37. The van der Waals surface area contributed by atoms with E-state index >= 15 is 0 Å². The average Bonchev–Trinajstić information content (AvgIpc) is 2.34. The third-order valence-corrected chi connectivity index (χ3v) is 1.46. The second-order valence-electron chi connectivity index (χ2n) is 2.93. The van der Waals surface area contributed by atoms with Gasteiger partial charge in [-0.1, -0.05) is 12.2 Å². The third-order valence-electron chi connectivity index (χ3n) is 1.46. The van der Waals surface area contributed by atoms with Crippen molar-refractivity contribution in [3.8, 4) is 0 Å². The van der Waals surface area contributed by atoms with Gasteiger partial charge in [0.25, 0.3) is 0 Å². The van der Waals surface area contributed by atoms with E-state index in [1.165, 1.54) is 0 Å². The van der Waals surface area contributed by atoms with Crippen molar-refractivity contribution >= 4 is 5.78 Å². The number of hydrogen-bond donors (Lipinski definition) is 0. The highest BCUT2D eigenvalue weighted by atomic mass is 16.1.